The third kappa shape index (κ3) is 4.50. The van der Waals surface area contributed by atoms with Crippen LogP contribution in [0.4, 0.5) is 4.79 Å². The Morgan fingerprint density at radius 1 is 1.00 bits per heavy atom. The summed E-state index contributed by atoms with van der Waals surface area (Å²) < 4.78 is 10.9. The Labute approximate surface area is 204 Å². The van der Waals surface area contributed by atoms with Gasteiger partial charge in [0.25, 0.3) is 0 Å². The second-order valence-electron chi connectivity index (χ2n) is 9.70. The summed E-state index contributed by atoms with van der Waals surface area (Å²) in [5, 5.41) is 14.9. The van der Waals surface area contributed by atoms with E-state index in [2.05, 4.69) is 34.9 Å². The highest BCUT2D eigenvalue weighted by Crippen LogP contribution is 2.44. The van der Waals surface area contributed by atoms with E-state index >= 15 is 0 Å². The zero-order valence-corrected chi connectivity index (χ0v) is 19.5. The van der Waals surface area contributed by atoms with Crippen LogP contribution >= 0.6 is 0 Å². The maximum atomic E-state index is 12.9. The molecule has 35 heavy (non-hydrogen) atoms. The summed E-state index contributed by atoms with van der Waals surface area (Å²) in [7, 11) is 0. The number of carboxylic acid groups (broad SMARTS) is 1. The van der Waals surface area contributed by atoms with E-state index in [4.69, 9.17) is 9.47 Å². The third-order valence-electron chi connectivity index (χ3n) is 7.69. The average Bonchev–Trinajstić information content (AvgIpc) is 3.44. The summed E-state index contributed by atoms with van der Waals surface area (Å²) in [5.41, 5.74) is 3.95. The molecular formula is C27H30N2O6. The first-order valence-electron chi connectivity index (χ1n) is 12.2. The van der Waals surface area contributed by atoms with E-state index in [9.17, 15) is 19.5 Å². The summed E-state index contributed by atoms with van der Waals surface area (Å²) in [4.78, 5) is 36.8. The molecule has 3 aliphatic rings. The first kappa shape index (κ1) is 23.4. The molecule has 2 aliphatic carbocycles. The van der Waals surface area contributed by atoms with E-state index in [1.807, 2.05) is 24.3 Å². The Hall–Kier alpha value is -3.39. The van der Waals surface area contributed by atoms with E-state index in [0.717, 1.165) is 17.5 Å². The van der Waals surface area contributed by atoms with Crippen molar-refractivity contribution in [2.75, 3.05) is 26.3 Å². The lowest BCUT2D eigenvalue weighted by atomic mass is 9.68. The van der Waals surface area contributed by atoms with E-state index in [1.54, 1.807) is 0 Å². The molecule has 5 rings (SSSR count). The van der Waals surface area contributed by atoms with Crippen LogP contribution in [-0.2, 0) is 19.1 Å². The second kappa shape index (κ2) is 9.70. The average molecular weight is 479 g/mol. The van der Waals surface area contributed by atoms with Crippen molar-refractivity contribution in [3.8, 4) is 11.1 Å². The maximum absolute atomic E-state index is 12.9. The standard InChI is InChI=1S/C27H30N2O6/c30-24(31)23-17(10-13-34-23)14-28-25(32)27(11-5-12-27)16-29-26(33)35-15-22-20-8-3-1-6-18(20)19-7-2-4-9-21(19)22/h1-4,6-9,17,22-23H,5,10-16H2,(H,28,32)(H,29,33)(H,30,31)/t17-,23-/m1/s1. The number of hydrogen-bond acceptors (Lipinski definition) is 5. The molecular weight excluding hydrogens is 448 g/mol. The molecule has 2 atom stereocenters. The van der Waals surface area contributed by atoms with Gasteiger partial charge in [0.05, 0.1) is 5.41 Å². The van der Waals surface area contributed by atoms with Gasteiger partial charge in [0, 0.05) is 31.5 Å². The van der Waals surface area contributed by atoms with E-state index < -0.39 is 23.6 Å². The summed E-state index contributed by atoms with van der Waals surface area (Å²) in [6.07, 6.45) is 1.43. The number of aliphatic carboxylic acids is 1. The molecule has 0 spiro atoms. The molecule has 1 aliphatic heterocycles. The zero-order valence-electron chi connectivity index (χ0n) is 19.5. The summed E-state index contributed by atoms with van der Waals surface area (Å²) >= 11 is 0. The smallest absolute Gasteiger partial charge is 0.407 e. The molecule has 0 unspecified atom stereocenters. The van der Waals surface area contributed by atoms with E-state index in [-0.39, 0.29) is 37.4 Å². The molecule has 2 amide bonds. The molecule has 0 radical (unpaired) electrons. The molecule has 2 fully saturated rings. The van der Waals surface area contributed by atoms with Crippen LogP contribution in [0.1, 0.15) is 42.7 Å². The van der Waals surface area contributed by atoms with Gasteiger partial charge in [0.2, 0.25) is 5.91 Å². The minimum Gasteiger partial charge on any atom is -0.479 e. The fourth-order valence-electron chi connectivity index (χ4n) is 5.51. The number of ether oxygens (including phenoxy) is 2. The Kier molecular flexibility index (Phi) is 6.47. The van der Waals surface area contributed by atoms with Crippen molar-refractivity contribution in [1.29, 1.82) is 0 Å². The molecule has 8 heteroatoms. The van der Waals surface area contributed by atoms with Crippen LogP contribution < -0.4 is 10.6 Å². The molecule has 0 aromatic heterocycles. The van der Waals surface area contributed by atoms with Crippen LogP contribution in [-0.4, -0.2) is 55.5 Å². The molecule has 184 valence electrons. The monoisotopic (exact) mass is 478 g/mol. The number of carbonyl (C=O) groups excluding carboxylic acids is 2. The van der Waals surface area contributed by atoms with Gasteiger partial charge in [-0.3, -0.25) is 4.79 Å². The second-order valence-corrected chi connectivity index (χ2v) is 9.70. The van der Waals surface area contributed by atoms with Crippen LogP contribution in [0.15, 0.2) is 48.5 Å². The summed E-state index contributed by atoms with van der Waals surface area (Å²) in [6.45, 7) is 1.05. The van der Waals surface area contributed by atoms with Crippen LogP contribution in [0.2, 0.25) is 0 Å². The topological polar surface area (TPSA) is 114 Å². The largest absolute Gasteiger partial charge is 0.479 e. The SMILES string of the molecule is O=C(NCC1(C(=O)NC[C@H]2CCO[C@H]2C(=O)O)CCC1)OCC1c2ccccc2-c2ccccc21. The normalized spacial score (nSPS) is 21.9. The lowest BCUT2D eigenvalue weighted by molar-refractivity contribution is -0.149. The summed E-state index contributed by atoms with van der Waals surface area (Å²) in [5.74, 6) is -1.43. The fourth-order valence-corrected chi connectivity index (χ4v) is 5.51. The number of rotatable bonds is 8. The van der Waals surface area contributed by atoms with Crippen molar-refractivity contribution < 1.29 is 29.0 Å². The zero-order chi connectivity index (χ0) is 24.4. The van der Waals surface area contributed by atoms with E-state index in [1.165, 1.54) is 11.1 Å². The van der Waals surface area contributed by atoms with Crippen molar-refractivity contribution in [3.63, 3.8) is 0 Å². The molecule has 2 aromatic rings. The number of fused-ring (bicyclic) bond motifs is 3. The lowest BCUT2D eigenvalue weighted by Crippen LogP contribution is -2.53. The summed E-state index contributed by atoms with van der Waals surface area (Å²) in [6, 6.07) is 16.3. The Bertz CT molecular complexity index is 1080. The van der Waals surface area contributed by atoms with Crippen molar-refractivity contribution >= 4 is 18.0 Å². The van der Waals surface area contributed by atoms with Crippen LogP contribution in [0.25, 0.3) is 11.1 Å². The third-order valence-corrected chi connectivity index (χ3v) is 7.69. The minimum absolute atomic E-state index is 0.0232. The lowest BCUT2D eigenvalue weighted by Gasteiger charge is -2.40. The molecule has 1 saturated carbocycles. The molecule has 8 nitrogen and oxygen atoms in total. The maximum Gasteiger partial charge on any atom is 0.407 e. The highest BCUT2D eigenvalue weighted by atomic mass is 16.5. The fraction of sp³-hybridized carbons (Fsp3) is 0.444. The quantitative estimate of drug-likeness (QED) is 0.537. The number of hydrogen-bond donors (Lipinski definition) is 3. The van der Waals surface area contributed by atoms with Gasteiger partial charge in [-0.1, -0.05) is 55.0 Å². The predicted octanol–water partition coefficient (Wildman–Crippen LogP) is 3.30. The Morgan fingerprint density at radius 2 is 1.66 bits per heavy atom. The van der Waals surface area contributed by atoms with Crippen molar-refractivity contribution in [2.45, 2.75) is 37.7 Å². The Balaban J connectivity index is 1.14. The minimum atomic E-state index is -1.00. The number of amides is 2. The first-order chi connectivity index (χ1) is 17.0. The number of carboxylic acids is 1. The number of nitrogens with one attached hydrogen (secondary N) is 2. The highest BCUT2D eigenvalue weighted by Gasteiger charge is 2.45. The molecule has 0 bridgehead atoms. The molecule has 3 N–H and O–H groups in total. The number of alkyl carbamates (subject to hydrolysis) is 1. The number of carbonyl (C=O) groups is 3. The van der Waals surface area contributed by atoms with Crippen LogP contribution in [0.5, 0.6) is 0 Å². The molecule has 1 saturated heterocycles. The molecule has 2 aromatic carbocycles. The van der Waals surface area contributed by atoms with Crippen LogP contribution in [0, 0.1) is 11.3 Å². The van der Waals surface area contributed by atoms with Gasteiger partial charge in [-0.15, -0.1) is 0 Å². The Morgan fingerprint density at radius 3 is 2.26 bits per heavy atom. The van der Waals surface area contributed by atoms with Gasteiger partial charge in [0.15, 0.2) is 6.10 Å². The number of benzene rings is 2. The van der Waals surface area contributed by atoms with Crippen molar-refractivity contribution in [2.24, 2.45) is 11.3 Å². The van der Waals surface area contributed by atoms with Crippen molar-refractivity contribution in [3.05, 3.63) is 59.7 Å². The molecule has 1 heterocycles. The van der Waals surface area contributed by atoms with Gasteiger partial charge in [-0.2, -0.15) is 0 Å². The van der Waals surface area contributed by atoms with Gasteiger partial charge in [0.1, 0.15) is 6.61 Å². The predicted molar refractivity (Wildman–Crippen MR) is 128 cm³/mol. The van der Waals surface area contributed by atoms with Gasteiger partial charge < -0.3 is 25.2 Å². The van der Waals surface area contributed by atoms with Gasteiger partial charge in [-0.05, 0) is 41.5 Å². The van der Waals surface area contributed by atoms with Crippen molar-refractivity contribution in [1.82, 2.24) is 10.6 Å². The van der Waals surface area contributed by atoms with E-state index in [0.29, 0.717) is 25.9 Å². The highest BCUT2D eigenvalue weighted by molar-refractivity contribution is 5.84. The van der Waals surface area contributed by atoms with Gasteiger partial charge >= 0.3 is 12.1 Å². The first-order valence-corrected chi connectivity index (χ1v) is 12.2. The van der Waals surface area contributed by atoms with Gasteiger partial charge in [-0.25, -0.2) is 9.59 Å². The van der Waals surface area contributed by atoms with Crippen LogP contribution in [0.3, 0.4) is 0 Å².